The summed E-state index contributed by atoms with van der Waals surface area (Å²) in [6, 6.07) is 23.0. The van der Waals surface area contributed by atoms with Crippen LogP contribution in [0.15, 0.2) is 85.1 Å². The molecule has 0 fully saturated rings. The molecule has 2 aromatic heterocycles. The first-order valence-corrected chi connectivity index (χ1v) is 12.0. The number of amides is 1. The predicted molar refractivity (Wildman–Crippen MR) is 143 cm³/mol. The number of nitrogens with one attached hydrogen (secondary N) is 1. The van der Waals surface area contributed by atoms with Crippen LogP contribution in [0.25, 0.3) is 22.2 Å². The van der Waals surface area contributed by atoms with Crippen LogP contribution in [0.3, 0.4) is 0 Å². The Morgan fingerprint density at radius 1 is 0.944 bits per heavy atom. The first-order chi connectivity index (χ1) is 17.4. The van der Waals surface area contributed by atoms with Crippen LogP contribution in [0.1, 0.15) is 38.9 Å². The van der Waals surface area contributed by atoms with Crippen molar-refractivity contribution in [3.63, 3.8) is 0 Å². The van der Waals surface area contributed by atoms with Crippen LogP contribution in [0.4, 0.5) is 5.69 Å². The van der Waals surface area contributed by atoms with Crippen LogP contribution in [-0.4, -0.2) is 26.5 Å². The van der Waals surface area contributed by atoms with Crippen molar-refractivity contribution in [2.24, 2.45) is 0 Å². The van der Waals surface area contributed by atoms with Crippen molar-refractivity contribution in [3.8, 4) is 11.3 Å². The molecule has 36 heavy (non-hydrogen) atoms. The fraction of sp³-hybridized carbons (Fsp3) is 0.103. The molecule has 0 aliphatic heterocycles. The lowest BCUT2D eigenvalue weighted by Crippen LogP contribution is -2.16. The fourth-order valence-corrected chi connectivity index (χ4v) is 4.35. The number of pyridine rings is 1. The number of anilines is 1. The average Bonchev–Trinajstić information content (AvgIpc) is 3.29. The highest BCUT2D eigenvalue weighted by Gasteiger charge is 2.20. The SMILES string of the molecule is CCn1cc(-c2cc(C(=O)Nc3ccc(Cl)cc3C(=O)c3ccccc3)c3ccccc3n2)c(C)n1. The number of carbonyl (C=O) groups excluding carboxylic acids is 2. The van der Waals surface area contributed by atoms with Crippen LogP contribution in [-0.2, 0) is 6.54 Å². The lowest BCUT2D eigenvalue weighted by atomic mass is 10.0. The van der Waals surface area contributed by atoms with E-state index >= 15 is 0 Å². The normalized spacial score (nSPS) is 11.0. The van der Waals surface area contributed by atoms with Gasteiger partial charge in [0, 0.05) is 39.8 Å². The Hall–Kier alpha value is -4.29. The summed E-state index contributed by atoms with van der Waals surface area (Å²) in [6.07, 6.45) is 1.93. The monoisotopic (exact) mass is 494 g/mol. The number of aryl methyl sites for hydroxylation is 2. The van der Waals surface area contributed by atoms with Gasteiger partial charge in [-0.05, 0) is 44.2 Å². The van der Waals surface area contributed by atoms with Gasteiger partial charge in [0.15, 0.2) is 5.78 Å². The zero-order valence-electron chi connectivity index (χ0n) is 19.8. The fourth-order valence-electron chi connectivity index (χ4n) is 4.18. The molecule has 3 aromatic carbocycles. The molecule has 5 rings (SSSR count). The standard InChI is InChI=1S/C29H23ClN4O2/c1-3-34-17-24(18(2)33-34)27-16-22(21-11-7-8-12-25(21)31-27)29(36)32-26-14-13-20(30)15-23(26)28(35)19-9-5-4-6-10-19/h4-17H,3H2,1-2H3,(H,32,36). The van der Waals surface area contributed by atoms with Crippen LogP contribution in [0.2, 0.25) is 5.02 Å². The highest BCUT2D eigenvalue weighted by molar-refractivity contribution is 6.31. The Bertz CT molecular complexity index is 1610. The summed E-state index contributed by atoms with van der Waals surface area (Å²) in [5.41, 5.74) is 4.72. The topological polar surface area (TPSA) is 76.9 Å². The summed E-state index contributed by atoms with van der Waals surface area (Å²) in [6.45, 7) is 4.67. The first-order valence-electron chi connectivity index (χ1n) is 11.6. The van der Waals surface area contributed by atoms with Gasteiger partial charge in [0.25, 0.3) is 5.91 Å². The molecule has 6 nitrogen and oxygen atoms in total. The van der Waals surface area contributed by atoms with Gasteiger partial charge in [-0.2, -0.15) is 5.10 Å². The molecule has 0 aliphatic rings. The van der Waals surface area contributed by atoms with E-state index in [1.807, 2.05) is 55.1 Å². The number of fused-ring (bicyclic) bond motifs is 1. The molecule has 1 amide bonds. The maximum absolute atomic E-state index is 13.7. The molecule has 1 N–H and O–H groups in total. The molecule has 5 aromatic rings. The van der Waals surface area contributed by atoms with Gasteiger partial charge in [0.1, 0.15) is 0 Å². The number of para-hydroxylation sites is 1. The van der Waals surface area contributed by atoms with E-state index in [0.717, 1.165) is 17.8 Å². The molecular formula is C29H23ClN4O2. The van der Waals surface area contributed by atoms with E-state index in [4.69, 9.17) is 16.6 Å². The predicted octanol–water partition coefficient (Wildman–Crippen LogP) is 6.56. The third-order valence-electron chi connectivity index (χ3n) is 6.02. The maximum atomic E-state index is 13.7. The molecule has 0 aliphatic carbocycles. The molecular weight excluding hydrogens is 472 g/mol. The van der Waals surface area contributed by atoms with Crippen molar-refractivity contribution in [1.82, 2.24) is 14.8 Å². The van der Waals surface area contributed by atoms with Gasteiger partial charge in [-0.3, -0.25) is 14.3 Å². The Labute approximate surface area is 213 Å². The van der Waals surface area contributed by atoms with E-state index in [-0.39, 0.29) is 11.7 Å². The number of carbonyl (C=O) groups is 2. The largest absolute Gasteiger partial charge is 0.321 e. The lowest BCUT2D eigenvalue weighted by Gasteiger charge is -2.13. The van der Waals surface area contributed by atoms with Crippen molar-refractivity contribution in [2.45, 2.75) is 20.4 Å². The number of rotatable bonds is 6. The number of hydrogen-bond acceptors (Lipinski definition) is 4. The average molecular weight is 495 g/mol. The Balaban J connectivity index is 1.58. The van der Waals surface area contributed by atoms with Crippen molar-refractivity contribution in [3.05, 3.63) is 112 Å². The minimum Gasteiger partial charge on any atom is -0.321 e. The second-order valence-electron chi connectivity index (χ2n) is 8.40. The highest BCUT2D eigenvalue weighted by atomic mass is 35.5. The van der Waals surface area contributed by atoms with Gasteiger partial charge in [-0.15, -0.1) is 0 Å². The molecule has 0 atom stereocenters. The molecule has 0 saturated carbocycles. The second kappa shape index (κ2) is 9.76. The van der Waals surface area contributed by atoms with Crippen molar-refractivity contribution in [2.75, 3.05) is 5.32 Å². The van der Waals surface area contributed by atoms with E-state index < -0.39 is 0 Å². The number of nitrogens with zero attached hydrogens (tertiary/aromatic N) is 3. The third kappa shape index (κ3) is 4.51. The molecule has 7 heteroatoms. The second-order valence-corrected chi connectivity index (χ2v) is 8.83. The number of hydrogen-bond donors (Lipinski definition) is 1. The van der Waals surface area contributed by atoms with Crippen LogP contribution in [0.5, 0.6) is 0 Å². The van der Waals surface area contributed by atoms with Crippen molar-refractivity contribution >= 4 is 39.9 Å². The van der Waals surface area contributed by atoms with E-state index in [1.54, 1.807) is 48.5 Å². The molecule has 0 saturated heterocycles. The summed E-state index contributed by atoms with van der Waals surface area (Å²) in [7, 11) is 0. The summed E-state index contributed by atoms with van der Waals surface area (Å²) in [5, 5.41) is 8.58. The molecule has 178 valence electrons. The Morgan fingerprint density at radius 2 is 1.69 bits per heavy atom. The summed E-state index contributed by atoms with van der Waals surface area (Å²) < 4.78 is 1.84. The Morgan fingerprint density at radius 3 is 2.44 bits per heavy atom. The zero-order chi connectivity index (χ0) is 25.2. The number of benzene rings is 3. The van der Waals surface area contributed by atoms with Crippen LogP contribution in [0, 0.1) is 6.92 Å². The number of aromatic nitrogens is 3. The summed E-state index contributed by atoms with van der Waals surface area (Å²) in [5.74, 6) is -0.573. The quantitative estimate of drug-likeness (QED) is 0.271. The Kier molecular flexibility index (Phi) is 6.36. The van der Waals surface area contributed by atoms with Gasteiger partial charge in [0.2, 0.25) is 0 Å². The van der Waals surface area contributed by atoms with E-state index in [1.165, 1.54) is 0 Å². The number of halogens is 1. The first kappa shape index (κ1) is 23.5. The minimum absolute atomic E-state index is 0.226. The van der Waals surface area contributed by atoms with Crippen LogP contribution < -0.4 is 5.32 Å². The van der Waals surface area contributed by atoms with E-state index in [2.05, 4.69) is 10.4 Å². The van der Waals surface area contributed by atoms with Gasteiger partial charge in [0.05, 0.1) is 28.2 Å². The molecule has 2 heterocycles. The summed E-state index contributed by atoms with van der Waals surface area (Å²) >= 11 is 6.22. The highest BCUT2D eigenvalue weighted by Crippen LogP contribution is 2.29. The molecule has 0 unspecified atom stereocenters. The number of ketones is 1. The molecule has 0 radical (unpaired) electrons. The smallest absolute Gasteiger partial charge is 0.256 e. The zero-order valence-corrected chi connectivity index (χ0v) is 20.6. The van der Waals surface area contributed by atoms with Gasteiger partial charge < -0.3 is 5.32 Å². The summed E-state index contributed by atoms with van der Waals surface area (Å²) in [4.78, 5) is 31.7. The van der Waals surface area contributed by atoms with Crippen molar-refractivity contribution < 1.29 is 9.59 Å². The molecule has 0 bridgehead atoms. The third-order valence-corrected chi connectivity index (χ3v) is 6.25. The molecule has 0 spiro atoms. The lowest BCUT2D eigenvalue weighted by molar-refractivity contribution is 0.102. The van der Waals surface area contributed by atoms with Gasteiger partial charge in [-0.1, -0.05) is 60.1 Å². The van der Waals surface area contributed by atoms with E-state index in [0.29, 0.717) is 44.0 Å². The van der Waals surface area contributed by atoms with Crippen LogP contribution >= 0.6 is 11.6 Å². The van der Waals surface area contributed by atoms with E-state index in [9.17, 15) is 9.59 Å². The van der Waals surface area contributed by atoms with Gasteiger partial charge in [-0.25, -0.2) is 4.98 Å². The minimum atomic E-state index is -0.347. The van der Waals surface area contributed by atoms with Gasteiger partial charge >= 0.3 is 0 Å². The maximum Gasteiger partial charge on any atom is 0.256 e. The van der Waals surface area contributed by atoms with Crippen molar-refractivity contribution in [1.29, 1.82) is 0 Å².